The molecule has 0 aromatic heterocycles. The summed E-state index contributed by atoms with van der Waals surface area (Å²) in [7, 11) is 0. The summed E-state index contributed by atoms with van der Waals surface area (Å²) in [6.07, 6.45) is -0.0743. The minimum atomic E-state index is -0.762. The van der Waals surface area contributed by atoms with Gasteiger partial charge in [0, 0.05) is 37.8 Å². The highest BCUT2D eigenvalue weighted by molar-refractivity contribution is 6.03. The van der Waals surface area contributed by atoms with E-state index in [0.717, 1.165) is 11.1 Å². The van der Waals surface area contributed by atoms with Crippen molar-refractivity contribution in [1.29, 1.82) is 5.26 Å². The average Bonchev–Trinajstić information content (AvgIpc) is 3.25. The molecule has 3 aromatic rings. The molecule has 0 bridgehead atoms. The van der Waals surface area contributed by atoms with E-state index in [9.17, 15) is 14.7 Å². The molecule has 202 valence electrons. The third-order valence-corrected chi connectivity index (χ3v) is 7.13. The van der Waals surface area contributed by atoms with Gasteiger partial charge in [0.15, 0.2) is 0 Å². The maximum atomic E-state index is 13.2. The molecule has 3 aromatic carbocycles. The topological polar surface area (TPSA) is 115 Å². The molecule has 2 atom stereocenters. The summed E-state index contributed by atoms with van der Waals surface area (Å²) in [5.41, 5.74) is 5.52. The van der Waals surface area contributed by atoms with Crippen LogP contribution < -0.4 is 15.4 Å². The second-order valence-electron chi connectivity index (χ2n) is 9.65. The predicted octanol–water partition coefficient (Wildman–Crippen LogP) is 3.34. The lowest BCUT2D eigenvalue weighted by molar-refractivity contribution is 0.0766. The number of amides is 2. The van der Waals surface area contributed by atoms with Crippen molar-refractivity contribution >= 4 is 24.2 Å². The van der Waals surface area contributed by atoms with Gasteiger partial charge < -0.3 is 25.4 Å². The number of fused-ring (bicyclic) bond motifs is 2. The van der Waals surface area contributed by atoms with Gasteiger partial charge in [-0.05, 0) is 59.9 Å². The van der Waals surface area contributed by atoms with Crippen LogP contribution in [0.1, 0.15) is 55.5 Å². The molecule has 2 heterocycles. The molecule has 2 aliphatic rings. The van der Waals surface area contributed by atoms with E-state index >= 15 is 0 Å². The van der Waals surface area contributed by atoms with Gasteiger partial charge in [0.1, 0.15) is 5.75 Å². The normalized spacial score (nSPS) is 16.4. The molecule has 8 nitrogen and oxygen atoms in total. The molecule has 5 rings (SSSR count). The number of nitrogens with zero attached hydrogens (tertiary/aromatic N) is 2. The molecule has 0 saturated heterocycles. The molecule has 0 spiro atoms. The van der Waals surface area contributed by atoms with Crippen LogP contribution >= 0.6 is 12.4 Å². The van der Waals surface area contributed by atoms with Crippen molar-refractivity contribution in [3.05, 3.63) is 99.6 Å². The minimum absolute atomic E-state index is 0. The summed E-state index contributed by atoms with van der Waals surface area (Å²) in [6, 6.07) is 20.6. The molecule has 0 aliphatic carbocycles. The van der Waals surface area contributed by atoms with Crippen LogP contribution in [0.4, 0.5) is 0 Å². The van der Waals surface area contributed by atoms with Crippen LogP contribution in [0.3, 0.4) is 0 Å². The lowest BCUT2D eigenvalue weighted by atomic mass is 9.93. The van der Waals surface area contributed by atoms with Gasteiger partial charge in [-0.2, -0.15) is 5.26 Å². The van der Waals surface area contributed by atoms with Crippen molar-refractivity contribution in [3.63, 3.8) is 0 Å². The number of nitriles is 1. The molecule has 0 radical (unpaired) electrons. The van der Waals surface area contributed by atoms with Crippen LogP contribution in [0.15, 0.2) is 60.7 Å². The quantitative estimate of drug-likeness (QED) is 0.399. The Kier molecular flexibility index (Phi) is 8.87. The van der Waals surface area contributed by atoms with E-state index in [1.165, 1.54) is 11.1 Å². The van der Waals surface area contributed by atoms with Crippen molar-refractivity contribution in [3.8, 4) is 11.8 Å². The fourth-order valence-corrected chi connectivity index (χ4v) is 5.07. The van der Waals surface area contributed by atoms with Crippen LogP contribution in [0.5, 0.6) is 5.75 Å². The van der Waals surface area contributed by atoms with Gasteiger partial charge in [0.2, 0.25) is 0 Å². The third kappa shape index (κ3) is 6.07. The first-order valence-corrected chi connectivity index (χ1v) is 12.8. The molecule has 39 heavy (non-hydrogen) atoms. The summed E-state index contributed by atoms with van der Waals surface area (Å²) in [5.74, 6) is -0.141. The molecular formula is C30H31ClN4O4. The zero-order valence-corrected chi connectivity index (χ0v) is 22.5. The Morgan fingerprint density at radius 3 is 2.64 bits per heavy atom. The van der Waals surface area contributed by atoms with Gasteiger partial charge >= 0.3 is 0 Å². The summed E-state index contributed by atoms with van der Waals surface area (Å²) < 4.78 is 5.74. The van der Waals surface area contributed by atoms with Crippen molar-refractivity contribution in [2.75, 3.05) is 13.2 Å². The highest BCUT2D eigenvalue weighted by Crippen LogP contribution is 2.31. The number of benzene rings is 3. The number of rotatable bonds is 8. The van der Waals surface area contributed by atoms with Gasteiger partial charge in [0.05, 0.1) is 29.9 Å². The zero-order chi connectivity index (χ0) is 26.6. The lowest BCUT2D eigenvalue weighted by Gasteiger charge is -2.30. The van der Waals surface area contributed by atoms with Crippen molar-refractivity contribution < 1.29 is 19.4 Å². The predicted molar refractivity (Wildman–Crippen MR) is 149 cm³/mol. The second kappa shape index (κ2) is 12.3. The lowest BCUT2D eigenvalue weighted by Crippen LogP contribution is -2.49. The first kappa shape index (κ1) is 28.1. The fourth-order valence-electron chi connectivity index (χ4n) is 5.07. The summed E-state index contributed by atoms with van der Waals surface area (Å²) in [5, 5.41) is 26.0. The average molecular weight is 547 g/mol. The highest BCUT2D eigenvalue weighted by Gasteiger charge is 2.31. The van der Waals surface area contributed by atoms with Gasteiger partial charge in [0.25, 0.3) is 11.8 Å². The van der Waals surface area contributed by atoms with Crippen LogP contribution in [-0.4, -0.2) is 47.1 Å². The number of aliphatic hydroxyl groups excluding tert-OH is 1. The number of hydrogen-bond acceptors (Lipinski definition) is 6. The minimum Gasteiger partial charge on any atom is -0.493 e. The number of nitrogens with one attached hydrogen (secondary N) is 2. The maximum Gasteiger partial charge on any atom is 0.255 e. The Bertz CT molecular complexity index is 1400. The second-order valence-corrected chi connectivity index (χ2v) is 9.65. The molecule has 2 aliphatic heterocycles. The molecule has 0 saturated carbocycles. The Morgan fingerprint density at radius 1 is 1.18 bits per heavy atom. The van der Waals surface area contributed by atoms with E-state index in [1.54, 1.807) is 29.2 Å². The van der Waals surface area contributed by atoms with Crippen LogP contribution in [-0.2, 0) is 26.1 Å². The van der Waals surface area contributed by atoms with Crippen molar-refractivity contribution in [2.24, 2.45) is 0 Å². The van der Waals surface area contributed by atoms with E-state index in [0.29, 0.717) is 55.1 Å². The largest absolute Gasteiger partial charge is 0.493 e. The van der Waals surface area contributed by atoms with Crippen LogP contribution in [0, 0.1) is 11.3 Å². The maximum absolute atomic E-state index is 13.2. The number of hydrogen-bond donors (Lipinski definition) is 3. The van der Waals surface area contributed by atoms with Gasteiger partial charge in [-0.1, -0.05) is 36.4 Å². The SMILES string of the molecule is CCOc1cc2c(cc1C(=O)NC[C@@H](O)[C@@H]1Cc3ccccc3CN1)CN(Cc1ccc(C#N)cc1)C2=O.Cl. The number of halogens is 1. The van der Waals surface area contributed by atoms with Crippen LogP contribution in [0.2, 0.25) is 0 Å². The van der Waals surface area contributed by atoms with Crippen molar-refractivity contribution in [2.45, 2.75) is 45.1 Å². The molecule has 0 unspecified atom stereocenters. The van der Waals surface area contributed by atoms with Crippen molar-refractivity contribution in [1.82, 2.24) is 15.5 Å². The molecule has 3 N–H and O–H groups in total. The van der Waals surface area contributed by atoms with E-state index in [-0.39, 0.29) is 36.8 Å². The Balaban J connectivity index is 0.00000353. The molecule has 0 fully saturated rings. The van der Waals surface area contributed by atoms with E-state index in [4.69, 9.17) is 10.00 Å². The van der Waals surface area contributed by atoms with E-state index in [2.05, 4.69) is 28.8 Å². The molecular weight excluding hydrogens is 516 g/mol. The van der Waals surface area contributed by atoms with Gasteiger partial charge in [-0.15, -0.1) is 12.4 Å². The fraction of sp³-hybridized carbons (Fsp3) is 0.300. The highest BCUT2D eigenvalue weighted by atomic mass is 35.5. The van der Waals surface area contributed by atoms with E-state index in [1.807, 2.05) is 31.2 Å². The summed E-state index contributed by atoms with van der Waals surface area (Å²) in [4.78, 5) is 28.0. The molecule has 2 amide bonds. The Labute approximate surface area is 234 Å². The first-order valence-electron chi connectivity index (χ1n) is 12.8. The third-order valence-electron chi connectivity index (χ3n) is 7.13. The Hall–Kier alpha value is -3.90. The monoisotopic (exact) mass is 546 g/mol. The van der Waals surface area contributed by atoms with Crippen LogP contribution in [0.25, 0.3) is 0 Å². The standard InChI is InChI=1S/C30H30N4O4.ClH/c1-2-38-28-13-24-23(18-34(30(24)37)17-20-9-7-19(14-31)8-10-20)11-25(28)29(36)33-16-27(35)26-12-21-5-3-4-6-22(21)15-32-26;/h3-11,13,26-27,32,35H,2,12,15-18H2,1H3,(H,33,36);1H/t26-,27+;/m0./s1. The summed E-state index contributed by atoms with van der Waals surface area (Å²) in [6.45, 7) is 3.70. The van der Waals surface area contributed by atoms with Gasteiger partial charge in [-0.3, -0.25) is 9.59 Å². The van der Waals surface area contributed by atoms with E-state index < -0.39 is 6.10 Å². The van der Waals surface area contributed by atoms with Gasteiger partial charge in [-0.25, -0.2) is 0 Å². The molecule has 9 heteroatoms. The summed E-state index contributed by atoms with van der Waals surface area (Å²) >= 11 is 0. The number of ether oxygens (including phenoxy) is 1. The number of aliphatic hydroxyl groups is 1. The first-order chi connectivity index (χ1) is 18.5. The number of carbonyl (C=O) groups excluding carboxylic acids is 2. The zero-order valence-electron chi connectivity index (χ0n) is 21.6. The smallest absolute Gasteiger partial charge is 0.255 e. The Morgan fingerprint density at radius 2 is 1.92 bits per heavy atom. The number of carbonyl (C=O) groups is 2.